The van der Waals surface area contributed by atoms with Gasteiger partial charge in [-0.15, -0.1) is 0 Å². The van der Waals surface area contributed by atoms with Crippen LogP contribution in [0, 0.1) is 11.6 Å². The molecule has 6 nitrogen and oxygen atoms in total. The lowest BCUT2D eigenvalue weighted by atomic mass is 10.1. The van der Waals surface area contributed by atoms with Crippen LogP contribution in [0.3, 0.4) is 0 Å². The summed E-state index contributed by atoms with van der Waals surface area (Å²) in [7, 11) is 0. The van der Waals surface area contributed by atoms with Crippen LogP contribution in [0.25, 0.3) is 0 Å². The number of carbonyl (C=O) groups is 2. The topological polar surface area (TPSA) is 84.9 Å². The monoisotopic (exact) mass is 287 g/mol. The summed E-state index contributed by atoms with van der Waals surface area (Å²) in [5, 5.41) is 11.1. The molecular formula is C12H11F2NO5. The fraction of sp³-hybridized carbons (Fsp3) is 0.333. The van der Waals surface area contributed by atoms with Crippen LogP contribution < -0.4 is 5.32 Å². The van der Waals surface area contributed by atoms with Crippen molar-refractivity contribution in [1.29, 1.82) is 0 Å². The zero-order valence-corrected chi connectivity index (χ0v) is 10.2. The molecule has 108 valence electrons. The average molecular weight is 287 g/mol. The van der Waals surface area contributed by atoms with E-state index >= 15 is 0 Å². The number of benzene rings is 1. The highest BCUT2D eigenvalue weighted by Gasteiger charge is 2.25. The van der Waals surface area contributed by atoms with Crippen LogP contribution in [-0.4, -0.2) is 42.9 Å². The molecule has 1 saturated heterocycles. The lowest BCUT2D eigenvalue weighted by Gasteiger charge is -2.22. The van der Waals surface area contributed by atoms with E-state index in [9.17, 15) is 18.4 Å². The molecule has 0 saturated carbocycles. The van der Waals surface area contributed by atoms with Crippen LogP contribution in [0.5, 0.6) is 0 Å². The zero-order valence-electron chi connectivity index (χ0n) is 10.2. The average Bonchev–Trinajstić information content (AvgIpc) is 2.43. The van der Waals surface area contributed by atoms with E-state index in [1.54, 1.807) is 0 Å². The van der Waals surface area contributed by atoms with Crippen LogP contribution in [0.15, 0.2) is 12.1 Å². The van der Waals surface area contributed by atoms with Crippen molar-refractivity contribution in [1.82, 2.24) is 0 Å². The fourth-order valence-corrected chi connectivity index (χ4v) is 1.68. The van der Waals surface area contributed by atoms with Crippen molar-refractivity contribution in [3.63, 3.8) is 0 Å². The number of carboxylic acids is 1. The zero-order chi connectivity index (χ0) is 14.7. The molecule has 2 rings (SSSR count). The summed E-state index contributed by atoms with van der Waals surface area (Å²) in [4.78, 5) is 22.8. The fourth-order valence-electron chi connectivity index (χ4n) is 1.68. The third-order valence-electron chi connectivity index (χ3n) is 2.66. The van der Waals surface area contributed by atoms with E-state index < -0.39 is 35.2 Å². The third kappa shape index (κ3) is 3.09. The molecule has 1 fully saturated rings. The van der Waals surface area contributed by atoms with E-state index in [0.29, 0.717) is 18.7 Å². The molecule has 0 aliphatic carbocycles. The maximum absolute atomic E-state index is 13.1. The van der Waals surface area contributed by atoms with Gasteiger partial charge in [0.25, 0.3) is 5.91 Å². The van der Waals surface area contributed by atoms with E-state index in [-0.39, 0.29) is 18.9 Å². The van der Waals surface area contributed by atoms with Gasteiger partial charge in [-0.1, -0.05) is 0 Å². The van der Waals surface area contributed by atoms with Crippen molar-refractivity contribution in [2.75, 3.05) is 25.1 Å². The Labute approximate surface area is 112 Å². The minimum absolute atomic E-state index is 0.0118. The lowest BCUT2D eigenvalue weighted by molar-refractivity contribution is -0.142. The summed E-state index contributed by atoms with van der Waals surface area (Å²) in [5.41, 5.74) is -0.885. The van der Waals surface area contributed by atoms with Gasteiger partial charge < -0.3 is 19.9 Å². The summed E-state index contributed by atoms with van der Waals surface area (Å²) in [6.45, 7) is 0.592. The number of amides is 1. The minimum atomic E-state index is -1.49. The molecule has 1 amide bonds. The first-order valence-corrected chi connectivity index (χ1v) is 5.71. The van der Waals surface area contributed by atoms with Gasteiger partial charge >= 0.3 is 5.97 Å². The second kappa shape index (κ2) is 5.93. The molecule has 2 N–H and O–H groups in total. The maximum Gasteiger partial charge on any atom is 0.337 e. The van der Waals surface area contributed by atoms with E-state index in [1.165, 1.54) is 0 Å². The lowest BCUT2D eigenvalue weighted by Crippen LogP contribution is -2.39. The summed E-state index contributed by atoms with van der Waals surface area (Å²) in [6, 6.07) is 1.12. The molecular weight excluding hydrogens is 276 g/mol. The summed E-state index contributed by atoms with van der Waals surface area (Å²) < 4.78 is 36.3. The Morgan fingerprint density at radius 2 is 1.95 bits per heavy atom. The SMILES string of the molecule is O=C(O)c1cc(F)c(F)cc1NC(=O)C1COCCO1. The molecule has 0 aromatic heterocycles. The van der Waals surface area contributed by atoms with E-state index in [2.05, 4.69) is 5.32 Å². The number of carboxylic acid groups (broad SMARTS) is 1. The first-order chi connectivity index (χ1) is 9.49. The maximum atomic E-state index is 13.1. The van der Waals surface area contributed by atoms with Crippen molar-refractivity contribution in [2.24, 2.45) is 0 Å². The highest BCUT2D eigenvalue weighted by molar-refractivity contribution is 6.01. The van der Waals surface area contributed by atoms with Gasteiger partial charge in [-0.3, -0.25) is 4.79 Å². The van der Waals surface area contributed by atoms with E-state index in [1.807, 2.05) is 0 Å². The Morgan fingerprint density at radius 1 is 1.25 bits per heavy atom. The molecule has 1 unspecified atom stereocenters. The second-order valence-corrected chi connectivity index (χ2v) is 4.04. The minimum Gasteiger partial charge on any atom is -0.478 e. The summed E-state index contributed by atoms with van der Waals surface area (Å²) in [6.07, 6.45) is -0.918. The Morgan fingerprint density at radius 3 is 2.55 bits per heavy atom. The molecule has 0 radical (unpaired) electrons. The highest BCUT2D eigenvalue weighted by atomic mass is 19.2. The molecule has 1 heterocycles. The summed E-state index contributed by atoms with van der Waals surface area (Å²) in [5.74, 6) is -4.73. The van der Waals surface area contributed by atoms with Crippen molar-refractivity contribution >= 4 is 17.6 Å². The number of anilines is 1. The van der Waals surface area contributed by atoms with E-state index in [4.69, 9.17) is 14.6 Å². The highest BCUT2D eigenvalue weighted by Crippen LogP contribution is 2.21. The molecule has 1 aromatic rings. The number of halogens is 2. The van der Waals surface area contributed by atoms with Gasteiger partial charge in [-0.2, -0.15) is 0 Å². The summed E-state index contributed by atoms with van der Waals surface area (Å²) >= 11 is 0. The third-order valence-corrected chi connectivity index (χ3v) is 2.66. The predicted octanol–water partition coefficient (Wildman–Crippen LogP) is 1.02. The van der Waals surface area contributed by atoms with Gasteiger partial charge in [0.05, 0.1) is 31.1 Å². The molecule has 0 spiro atoms. The molecule has 1 aromatic carbocycles. The molecule has 0 bridgehead atoms. The first-order valence-electron chi connectivity index (χ1n) is 5.71. The number of rotatable bonds is 3. The Kier molecular flexibility index (Phi) is 4.26. The Hall–Kier alpha value is -2.06. The van der Waals surface area contributed by atoms with Gasteiger partial charge in [0.15, 0.2) is 17.7 Å². The number of ether oxygens (including phenoxy) is 2. The van der Waals surface area contributed by atoms with Crippen LogP contribution in [0.4, 0.5) is 14.5 Å². The molecule has 8 heteroatoms. The van der Waals surface area contributed by atoms with Crippen LogP contribution in [0.1, 0.15) is 10.4 Å². The number of carbonyl (C=O) groups excluding carboxylic acids is 1. The number of hydrogen-bond donors (Lipinski definition) is 2. The largest absolute Gasteiger partial charge is 0.478 e. The number of aromatic carboxylic acids is 1. The Balaban J connectivity index is 2.21. The quantitative estimate of drug-likeness (QED) is 0.867. The second-order valence-electron chi connectivity index (χ2n) is 4.04. The van der Waals surface area contributed by atoms with Crippen molar-refractivity contribution < 1.29 is 33.0 Å². The van der Waals surface area contributed by atoms with Gasteiger partial charge in [-0.25, -0.2) is 13.6 Å². The van der Waals surface area contributed by atoms with Gasteiger partial charge in [0.2, 0.25) is 0 Å². The molecule has 20 heavy (non-hydrogen) atoms. The Bertz CT molecular complexity index is 543. The normalized spacial score (nSPS) is 18.6. The van der Waals surface area contributed by atoms with Crippen molar-refractivity contribution in [2.45, 2.75) is 6.10 Å². The standard InChI is InChI=1S/C12H11F2NO5/c13-7-3-6(12(17)18)9(4-8(7)14)15-11(16)10-5-19-1-2-20-10/h3-4,10H,1-2,5H2,(H,15,16)(H,17,18). The number of nitrogens with one attached hydrogen (secondary N) is 1. The first kappa shape index (κ1) is 14.4. The van der Waals surface area contributed by atoms with Crippen LogP contribution >= 0.6 is 0 Å². The van der Waals surface area contributed by atoms with Crippen molar-refractivity contribution in [3.8, 4) is 0 Å². The van der Waals surface area contributed by atoms with Crippen LogP contribution in [0.2, 0.25) is 0 Å². The molecule has 1 aliphatic rings. The number of hydrogen-bond acceptors (Lipinski definition) is 4. The van der Waals surface area contributed by atoms with E-state index in [0.717, 1.165) is 0 Å². The van der Waals surface area contributed by atoms with Gasteiger partial charge in [0, 0.05) is 6.07 Å². The molecule has 1 atom stereocenters. The predicted molar refractivity (Wildman–Crippen MR) is 62.5 cm³/mol. The molecule has 1 aliphatic heterocycles. The van der Waals surface area contributed by atoms with Crippen LogP contribution in [-0.2, 0) is 14.3 Å². The van der Waals surface area contributed by atoms with Gasteiger partial charge in [0.1, 0.15) is 0 Å². The van der Waals surface area contributed by atoms with Gasteiger partial charge in [-0.05, 0) is 6.07 Å². The van der Waals surface area contributed by atoms with Crippen molar-refractivity contribution in [3.05, 3.63) is 29.3 Å². The smallest absolute Gasteiger partial charge is 0.337 e.